The molecule has 1 N–H and O–H groups in total. The third-order valence-electron chi connectivity index (χ3n) is 2.65. The Balaban J connectivity index is 2.08. The van der Waals surface area contributed by atoms with Gasteiger partial charge in [0.1, 0.15) is 0 Å². The summed E-state index contributed by atoms with van der Waals surface area (Å²) in [6.45, 7) is 2.04. The van der Waals surface area contributed by atoms with Gasteiger partial charge in [0.2, 0.25) is 0 Å². The Morgan fingerprint density at radius 2 is 2.00 bits per heavy atom. The van der Waals surface area contributed by atoms with Crippen molar-refractivity contribution in [2.24, 2.45) is 7.05 Å². The molecule has 1 aromatic carbocycles. The maximum absolute atomic E-state index is 10.0. The number of rotatable bonds is 3. The highest BCUT2D eigenvalue weighted by Gasteiger charge is 2.09. The summed E-state index contributed by atoms with van der Waals surface area (Å²) in [7, 11) is 1.88. The van der Waals surface area contributed by atoms with Crippen LogP contribution in [-0.4, -0.2) is 14.9 Å². The first-order chi connectivity index (χ1) is 7.65. The van der Waals surface area contributed by atoms with Crippen molar-refractivity contribution in [1.82, 2.24) is 9.78 Å². The molecule has 0 spiro atoms. The largest absolute Gasteiger partial charge is 0.388 e. The van der Waals surface area contributed by atoms with E-state index in [2.05, 4.69) is 5.10 Å². The van der Waals surface area contributed by atoms with E-state index in [1.165, 1.54) is 5.56 Å². The number of hydrogen-bond acceptors (Lipinski definition) is 2. The SMILES string of the molecule is Cc1ccc(C(O)Cc2cnn(C)c2)cc1. The third kappa shape index (κ3) is 2.49. The van der Waals surface area contributed by atoms with Crippen LogP contribution in [-0.2, 0) is 13.5 Å². The standard InChI is InChI=1S/C13H16N2O/c1-10-3-5-12(6-4-10)13(16)7-11-8-14-15(2)9-11/h3-6,8-9,13,16H,7H2,1-2H3. The van der Waals surface area contributed by atoms with Gasteiger partial charge < -0.3 is 5.11 Å². The van der Waals surface area contributed by atoms with E-state index >= 15 is 0 Å². The summed E-state index contributed by atoms with van der Waals surface area (Å²) in [6.07, 6.45) is 3.87. The van der Waals surface area contributed by atoms with Crippen LogP contribution >= 0.6 is 0 Å². The Kier molecular flexibility index (Phi) is 3.06. The first kappa shape index (κ1) is 10.9. The van der Waals surface area contributed by atoms with Crippen LogP contribution in [0.1, 0.15) is 22.8 Å². The van der Waals surface area contributed by atoms with Crippen LogP contribution in [0.2, 0.25) is 0 Å². The van der Waals surface area contributed by atoms with E-state index in [4.69, 9.17) is 0 Å². The Hall–Kier alpha value is -1.61. The van der Waals surface area contributed by atoms with Crippen LogP contribution in [0.4, 0.5) is 0 Å². The van der Waals surface area contributed by atoms with Crippen molar-refractivity contribution in [2.75, 3.05) is 0 Å². The quantitative estimate of drug-likeness (QED) is 0.852. The zero-order valence-corrected chi connectivity index (χ0v) is 9.59. The van der Waals surface area contributed by atoms with Gasteiger partial charge >= 0.3 is 0 Å². The fourth-order valence-electron chi connectivity index (χ4n) is 1.71. The van der Waals surface area contributed by atoms with Crippen molar-refractivity contribution in [3.05, 3.63) is 53.3 Å². The maximum atomic E-state index is 10.0. The molecule has 1 atom stereocenters. The zero-order valence-electron chi connectivity index (χ0n) is 9.59. The molecule has 84 valence electrons. The molecule has 1 unspecified atom stereocenters. The molecule has 0 aliphatic rings. The highest BCUT2D eigenvalue weighted by Crippen LogP contribution is 2.18. The number of hydrogen-bond donors (Lipinski definition) is 1. The summed E-state index contributed by atoms with van der Waals surface area (Å²) < 4.78 is 1.75. The normalized spacial score (nSPS) is 12.7. The van der Waals surface area contributed by atoms with Crippen LogP contribution < -0.4 is 0 Å². The summed E-state index contributed by atoms with van der Waals surface area (Å²) in [5, 5.41) is 14.1. The van der Waals surface area contributed by atoms with Crippen LogP contribution in [0, 0.1) is 6.92 Å². The highest BCUT2D eigenvalue weighted by molar-refractivity contribution is 5.24. The second kappa shape index (κ2) is 4.49. The van der Waals surface area contributed by atoms with Crippen molar-refractivity contribution >= 4 is 0 Å². The Morgan fingerprint density at radius 3 is 2.56 bits per heavy atom. The summed E-state index contributed by atoms with van der Waals surface area (Å²) in [6, 6.07) is 7.97. The molecule has 3 nitrogen and oxygen atoms in total. The van der Waals surface area contributed by atoms with Crippen molar-refractivity contribution in [2.45, 2.75) is 19.4 Å². The van der Waals surface area contributed by atoms with E-state index in [0.29, 0.717) is 6.42 Å². The summed E-state index contributed by atoms with van der Waals surface area (Å²) in [5.74, 6) is 0. The van der Waals surface area contributed by atoms with Gasteiger partial charge in [-0.15, -0.1) is 0 Å². The molecule has 2 rings (SSSR count). The average Bonchev–Trinajstić information content (AvgIpc) is 2.65. The van der Waals surface area contributed by atoms with Gasteiger partial charge in [-0.1, -0.05) is 29.8 Å². The Morgan fingerprint density at radius 1 is 1.31 bits per heavy atom. The van der Waals surface area contributed by atoms with Gasteiger partial charge in [0.25, 0.3) is 0 Å². The lowest BCUT2D eigenvalue weighted by Gasteiger charge is -2.09. The third-order valence-corrected chi connectivity index (χ3v) is 2.65. The molecule has 3 heteroatoms. The molecule has 1 aromatic heterocycles. The minimum atomic E-state index is -0.454. The van der Waals surface area contributed by atoms with Gasteiger partial charge in [-0.05, 0) is 18.1 Å². The Bertz CT molecular complexity index is 459. The lowest BCUT2D eigenvalue weighted by Crippen LogP contribution is -2.01. The molecular formula is C13H16N2O. The van der Waals surface area contributed by atoms with E-state index < -0.39 is 6.10 Å². The minimum absolute atomic E-state index is 0.454. The number of aliphatic hydroxyl groups is 1. The molecular weight excluding hydrogens is 200 g/mol. The summed E-state index contributed by atoms with van der Waals surface area (Å²) in [4.78, 5) is 0. The summed E-state index contributed by atoms with van der Waals surface area (Å²) >= 11 is 0. The molecule has 0 bridgehead atoms. The molecule has 0 amide bonds. The van der Waals surface area contributed by atoms with E-state index in [1.807, 2.05) is 44.4 Å². The highest BCUT2D eigenvalue weighted by atomic mass is 16.3. The molecule has 0 saturated carbocycles. The predicted octanol–water partition coefficient (Wildman–Crippen LogP) is 2.00. The smallest absolute Gasteiger partial charge is 0.0831 e. The molecule has 0 radical (unpaired) electrons. The Labute approximate surface area is 95.3 Å². The zero-order chi connectivity index (χ0) is 11.5. The minimum Gasteiger partial charge on any atom is -0.388 e. The van der Waals surface area contributed by atoms with Gasteiger partial charge in [0, 0.05) is 19.7 Å². The predicted molar refractivity (Wildman–Crippen MR) is 63.1 cm³/mol. The van der Waals surface area contributed by atoms with Crippen molar-refractivity contribution in [1.29, 1.82) is 0 Å². The van der Waals surface area contributed by atoms with E-state index in [-0.39, 0.29) is 0 Å². The van der Waals surface area contributed by atoms with Crippen LogP contribution in [0.25, 0.3) is 0 Å². The van der Waals surface area contributed by atoms with Gasteiger partial charge in [-0.3, -0.25) is 4.68 Å². The molecule has 0 saturated heterocycles. The second-order valence-electron chi connectivity index (χ2n) is 4.15. The number of aliphatic hydroxyl groups excluding tert-OH is 1. The van der Waals surface area contributed by atoms with Crippen molar-refractivity contribution < 1.29 is 5.11 Å². The molecule has 2 aromatic rings. The van der Waals surface area contributed by atoms with Gasteiger partial charge in [-0.25, -0.2) is 0 Å². The number of nitrogens with zero attached hydrogens (tertiary/aromatic N) is 2. The van der Waals surface area contributed by atoms with Gasteiger partial charge in [-0.2, -0.15) is 5.10 Å². The molecule has 16 heavy (non-hydrogen) atoms. The fourth-order valence-corrected chi connectivity index (χ4v) is 1.71. The maximum Gasteiger partial charge on any atom is 0.0831 e. The van der Waals surface area contributed by atoms with Gasteiger partial charge in [0.15, 0.2) is 0 Å². The molecule has 0 fully saturated rings. The number of benzene rings is 1. The van der Waals surface area contributed by atoms with Crippen LogP contribution in [0.15, 0.2) is 36.7 Å². The molecule has 0 aliphatic carbocycles. The first-order valence-corrected chi connectivity index (χ1v) is 5.37. The average molecular weight is 216 g/mol. The number of aromatic nitrogens is 2. The second-order valence-corrected chi connectivity index (χ2v) is 4.15. The molecule has 1 heterocycles. The van der Waals surface area contributed by atoms with Crippen molar-refractivity contribution in [3.63, 3.8) is 0 Å². The van der Waals surface area contributed by atoms with Crippen LogP contribution in [0.3, 0.4) is 0 Å². The van der Waals surface area contributed by atoms with E-state index in [0.717, 1.165) is 11.1 Å². The van der Waals surface area contributed by atoms with Crippen molar-refractivity contribution in [3.8, 4) is 0 Å². The lowest BCUT2D eigenvalue weighted by molar-refractivity contribution is 0.178. The van der Waals surface area contributed by atoms with Crippen LogP contribution in [0.5, 0.6) is 0 Å². The summed E-state index contributed by atoms with van der Waals surface area (Å²) in [5.41, 5.74) is 3.21. The molecule has 0 aliphatic heterocycles. The van der Waals surface area contributed by atoms with Gasteiger partial charge in [0.05, 0.1) is 12.3 Å². The fraction of sp³-hybridized carbons (Fsp3) is 0.308. The monoisotopic (exact) mass is 216 g/mol. The number of aryl methyl sites for hydroxylation is 2. The van der Waals surface area contributed by atoms with E-state index in [9.17, 15) is 5.11 Å². The van der Waals surface area contributed by atoms with E-state index in [1.54, 1.807) is 10.9 Å². The first-order valence-electron chi connectivity index (χ1n) is 5.37. The topological polar surface area (TPSA) is 38.1 Å². The lowest BCUT2D eigenvalue weighted by atomic mass is 10.0.